The lowest BCUT2D eigenvalue weighted by atomic mass is 10.1. The molecule has 0 unspecified atom stereocenters. The van der Waals surface area contributed by atoms with Crippen molar-refractivity contribution in [2.75, 3.05) is 9.80 Å². The van der Waals surface area contributed by atoms with Crippen LogP contribution in [0.4, 0.5) is 37.7 Å². The number of alkyl halides is 6. The molecular formula is C39H22F6N3O9+. The van der Waals surface area contributed by atoms with Gasteiger partial charge in [-0.15, -0.1) is 0 Å². The zero-order valence-corrected chi connectivity index (χ0v) is 28.8. The molecule has 4 aromatic rings. The number of amides is 4. The van der Waals surface area contributed by atoms with E-state index in [1.165, 1.54) is 23.0 Å². The zero-order valence-electron chi connectivity index (χ0n) is 28.8. The number of carbonyl (C=O) groups is 6. The second kappa shape index (κ2) is 14.0. The van der Waals surface area contributed by atoms with Crippen LogP contribution in [-0.4, -0.2) is 35.2 Å². The molecule has 0 fully saturated rings. The summed E-state index contributed by atoms with van der Waals surface area (Å²) in [5, 5.41) is 0. The first-order valence-corrected chi connectivity index (χ1v) is 16.4. The van der Waals surface area contributed by atoms with E-state index in [4.69, 9.17) is 14.2 Å². The summed E-state index contributed by atoms with van der Waals surface area (Å²) in [7, 11) is 0. The predicted molar refractivity (Wildman–Crippen MR) is 182 cm³/mol. The van der Waals surface area contributed by atoms with E-state index in [0.717, 1.165) is 78.9 Å². The van der Waals surface area contributed by atoms with Gasteiger partial charge in [0.25, 0.3) is 29.7 Å². The Bertz CT molecular complexity index is 2360. The Morgan fingerprint density at radius 3 is 1.28 bits per heavy atom. The van der Waals surface area contributed by atoms with Crippen molar-refractivity contribution < 1.29 is 73.9 Å². The highest BCUT2D eigenvalue weighted by Crippen LogP contribution is 2.45. The van der Waals surface area contributed by atoms with Crippen molar-refractivity contribution >= 4 is 46.6 Å². The highest BCUT2D eigenvalue weighted by Gasteiger charge is 2.39. The number of halogens is 6. The van der Waals surface area contributed by atoms with E-state index in [1.54, 1.807) is 6.92 Å². The predicted octanol–water partition coefficient (Wildman–Crippen LogP) is 6.80. The lowest BCUT2D eigenvalue weighted by Crippen LogP contribution is -2.45. The molecule has 7 rings (SSSR count). The van der Waals surface area contributed by atoms with Gasteiger partial charge in [-0.3, -0.25) is 28.8 Å². The minimum Gasteiger partial charge on any atom is -0.456 e. The highest BCUT2D eigenvalue weighted by atomic mass is 19.4. The van der Waals surface area contributed by atoms with Crippen molar-refractivity contribution in [3.63, 3.8) is 0 Å². The van der Waals surface area contributed by atoms with Crippen LogP contribution in [0.15, 0.2) is 110 Å². The van der Waals surface area contributed by atoms with E-state index in [2.05, 4.69) is 0 Å². The molecule has 0 radical (unpaired) electrons. The first-order chi connectivity index (χ1) is 26.9. The molecule has 0 N–H and O–H groups in total. The number of rotatable bonds is 9. The number of allylic oxidation sites excluding steroid dienone is 2. The number of anilines is 2. The number of aromatic nitrogens is 1. The highest BCUT2D eigenvalue weighted by molar-refractivity contribution is 6.29. The summed E-state index contributed by atoms with van der Waals surface area (Å²) in [6.07, 6.45) is -1.64. The van der Waals surface area contributed by atoms with Gasteiger partial charge >= 0.3 is 12.4 Å². The maximum atomic E-state index is 14.4. The van der Waals surface area contributed by atoms with Crippen LogP contribution in [0, 0.1) is 6.92 Å². The average Bonchev–Trinajstić information content (AvgIpc) is 3.78. The molecule has 12 nitrogen and oxygen atoms in total. The lowest BCUT2D eigenvalue weighted by molar-refractivity contribution is -0.695. The van der Waals surface area contributed by atoms with Crippen LogP contribution in [0.25, 0.3) is 0 Å². The topological polar surface area (TPSA) is 140 Å². The third-order valence-corrected chi connectivity index (χ3v) is 8.59. The molecule has 18 heteroatoms. The third kappa shape index (κ3) is 7.51. The van der Waals surface area contributed by atoms with Gasteiger partial charge in [-0.1, -0.05) is 0 Å². The van der Waals surface area contributed by atoms with Crippen LogP contribution in [0.2, 0.25) is 0 Å². The van der Waals surface area contributed by atoms with Crippen molar-refractivity contribution in [3.8, 4) is 34.5 Å². The van der Waals surface area contributed by atoms with E-state index in [9.17, 15) is 55.1 Å². The van der Waals surface area contributed by atoms with Gasteiger partial charge in [0.15, 0.2) is 12.4 Å². The Morgan fingerprint density at radius 2 is 0.912 bits per heavy atom. The summed E-state index contributed by atoms with van der Waals surface area (Å²) in [5.41, 5.74) is -3.33. The van der Waals surface area contributed by atoms with Crippen LogP contribution in [-0.2, 0) is 41.1 Å². The lowest BCUT2D eigenvalue weighted by Gasteiger charge is -2.20. The van der Waals surface area contributed by atoms with Crippen molar-refractivity contribution in [3.05, 3.63) is 126 Å². The standard InChI is InChI=1S/C39H22F6N3O9/c1-20-19-46(37-28(49)4-5-29(37)50)13-12-30(20)55-23-16-24(56-31-6-2-21(14-26(31)38(40,41)42)47-33(51)8-9-34(47)52)18-25(17-23)57-32-7-3-22(15-27(32)39(43,44)45)48-35(53)10-11-36(48)54/h2-19,37H,1H3/q+1. The minimum atomic E-state index is -5.11. The van der Waals surface area contributed by atoms with Crippen LogP contribution in [0.1, 0.15) is 22.7 Å². The molecule has 0 bridgehead atoms. The Labute approximate surface area is 316 Å². The summed E-state index contributed by atoms with van der Waals surface area (Å²) in [6.45, 7) is 1.55. The molecule has 1 aromatic heterocycles. The Kier molecular flexibility index (Phi) is 9.34. The molecule has 0 atom stereocenters. The molecule has 0 saturated carbocycles. The number of carbonyl (C=O) groups excluding carboxylic acids is 6. The molecule has 3 aliphatic rings. The van der Waals surface area contributed by atoms with Gasteiger partial charge in [-0.05, 0) is 55.5 Å². The van der Waals surface area contributed by atoms with Gasteiger partial charge in [0, 0.05) is 48.6 Å². The Hall–Kier alpha value is -7.37. The second-order valence-corrected chi connectivity index (χ2v) is 12.5. The Morgan fingerprint density at radius 1 is 0.526 bits per heavy atom. The normalized spacial score (nSPS) is 15.8. The fraction of sp³-hybridized carbons (Fsp3) is 0.103. The number of hydrogen-bond acceptors (Lipinski definition) is 9. The number of ketones is 2. The maximum Gasteiger partial charge on any atom is 0.420 e. The molecule has 3 heterocycles. The second-order valence-electron chi connectivity index (χ2n) is 12.5. The van der Waals surface area contributed by atoms with Gasteiger partial charge < -0.3 is 14.2 Å². The molecular weight excluding hydrogens is 768 g/mol. The molecule has 4 amide bonds. The van der Waals surface area contributed by atoms with Crippen molar-refractivity contribution in [2.24, 2.45) is 0 Å². The number of benzene rings is 3. The number of pyridine rings is 1. The molecule has 0 saturated heterocycles. The minimum absolute atomic E-state index is 0.0861. The monoisotopic (exact) mass is 790 g/mol. The van der Waals surface area contributed by atoms with Crippen LogP contribution >= 0.6 is 0 Å². The van der Waals surface area contributed by atoms with Gasteiger partial charge in [-0.25, -0.2) is 9.80 Å². The van der Waals surface area contributed by atoms with Crippen LogP contribution in [0.3, 0.4) is 0 Å². The van der Waals surface area contributed by atoms with Gasteiger partial charge in [0.05, 0.1) is 16.9 Å². The summed E-state index contributed by atoms with van der Waals surface area (Å²) < 4.78 is 105. The number of aryl methyl sites for hydroxylation is 1. The molecule has 1 aliphatic carbocycles. The van der Waals surface area contributed by atoms with Gasteiger partial charge in [-0.2, -0.15) is 30.9 Å². The van der Waals surface area contributed by atoms with Crippen molar-refractivity contribution in [2.45, 2.75) is 25.3 Å². The number of imide groups is 2. The first-order valence-electron chi connectivity index (χ1n) is 16.4. The fourth-order valence-corrected chi connectivity index (χ4v) is 6.02. The quantitative estimate of drug-likeness (QED) is 0.0775. The molecule has 0 spiro atoms. The average molecular weight is 791 g/mol. The molecule has 288 valence electrons. The maximum absolute atomic E-state index is 14.4. The van der Waals surface area contributed by atoms with Crippen LogP contribution < -0.4 is 28.6 Å². The summed E-state index contributed by atoms with van der Waals surface area (Å²) in [5.74, 6) is -7.17. The SMILES string of the molecule is Cc1c[n+](C2C(=O)C=CC2=O)ccc1Oc1cc(Oc2ccc(N3C(=O)C=CC3=O)cc2C(F)(F)F)cc(Oc2ccc(N3C(=O)C=CC3=O)cc2C(F)(F)F)c1. The zero-order chi connectivity index (χ0) is 41.0. The Balaban J connectivity index is 1.28. The summed E-state index contributed by atoms with van der Waals surface area (Å²) in [6, 6.07) is 8.10. The van der Waals surface area contributed by atoms with E-state index >= 15 is 0 Å². The number of hydrogen-bond donors (Lipinski definition) is 0. The molecule has 57 heavy (non-hydrogen) atoms. The van der Waals surface area contributed by atoms with Crippen molar-refractivity contribution in [1.82, 2.24) is 0 Å². The van der Waals surface area contributed by atoms with E-state index in [0.29, 0.717) is 27.5 Å². The smallest absolute Gasteiger partial charge is 0.420 e. The summed E-state index contributed by atoms with van der Waals surface area (Å²) >= 11 is 0. The largest absolute Gasteiger partial charge is 0.456 e. The van der Waals surface area contributed by atoms with Crippen LogP contribution in [0.5, 0.6) is 34.5 Å². The molecule has 3 aromatic carbocycles. The first kappa shape index (κ1) is 37.9. The fourth-order valence-electron chi connectivity index (χ4n) is 6.02. The van der Waals surface area contributed by atoms with Gasteiger partial charge in [0.1, 0.15) is 45.6 Å². The summed E-state index contributed by atoms with van der Waals surface area (Å²) in [4.78, 5) is 74.2. The third-order valence-electron chi connectivity index (χ3n) is 8.59. The van der Waals surface area contributed by atoms with E-state index in [-0.39, 0.29) is 11.5 Å². The van der Waals surface area contributed by atoms with E-state index in [1.807, 2.05) is 0 Å². The van der Waals surface area contributed by atoms with E-state index < -0.39 is 99.1 Å². The number of nitrogens with zero attached hydrogens (tertiary/aromatic N) is 3. The molecule has 2 aliphatic heterocycles. The number of ether oxygens (including phenoxy) is 3. The van der Waals surface area contributed by atoms with Crippen molar-refractivity contribution in [1.29, 1.82) is 0 Å². The van der Waals surface area contributed by atoms with Gasteiger partial charge in [0.2, 0.25) is 11.6 Å².